The lowest BCUT2D eigenvalue weighted by molar-refractivity contribution is -0.148. The zero-order chi connectivity index (χ0) is 12.1. The maximum Gasteiger partial charge on any atom is 0.338 e. The maximum atomic E-state index is 12.0. The van der Waals surface area contributed by atoms with Crippen LogP contribution in [0.15, 0.2) is 24.9 Å². The van der Waals surface area contributed by atoms with Gasteiger partial charge < -0.3 is 9.64 Å². The Morgan fingerprint density at radius 2 is 2.19 bits per heavy atom. The van der Waals surface area contributed by atoms with Crippen molar-refractivity contribution in [2.24, 2.45) is 5.41 Å². The van der Waals surface area contributed by atoms with Crippen LogP contribution in [-0.2, 0) is 9.53 Å². The minimum Gasteiger partial charge on any atom is -0.439 e. The molecular formula is C13H19NO2. The predicted octanol–water partition coefficient (Wildman–Crippen LogP) is 2.45. The summed E-state index contributed by atoms with van der Waals surface area (Å²) in [5.41, 5.74) is 0.202. The number of cyclic esters (lactones) is 1. The molecule has 2 aliphatic heterocycles. The first kappa shape index (κ1) is 11.2. The van der Waals surface area contributed by atoms with E-state index >= 15 is 0 Å². The van der Waals surface area contributed by atoms with Crippen molar-refractivity contribution in [1.82, 2.24) is 4.90 Å². The normalized spacial score (nSPS) is 33.9. The minimum absolute atomic E-state index is 0.117. The van der Waals surface area contributed by atoms with Crippen LogP contribution in [0.3, 0.4) is 0 Å². The van der Waals surface area contributed by atoms with Gasteiger partial charge in [-0.3, -0.25) is 0 Å². The van der Waals surface area contributed by atoms with Gasteiger partial charge in [0.05, 0.1) is 0 Å². The topological polar surface area (TPSA) is 29.5 Å². The summed E-state index contributed by atoms with van der Waals surface area (Å²) >= 11 is 0. The fourth-order valence-electron chi connectivity index (χ4n) is 2.54. The van der Waals surface area contributed by atoms with Gasteiger partial charge in [-0.1, -0.05) is 33.4 Å². The van der Waals surface area contributed by atoms with Gasteiger partial charge in [0.15, 0.2) is 11.8 Å². The van der Waals surface area contributed by atoms with Crippen molar-refractivity contribution in [2.45, 2.75) is 45.4 Å². The Labute approximate surface area is 96.8 Å². The Kier molecular flexibility index (Phi) is 2.19. The van der Waals surface area contributed by atoms with E-state index in [-0.39, 0.29) is 17.6 Å². The van der Waals surface area contributed by atoms with Crippen LogP contribution in [0.4, 0.5) is 0 Å². The molecule has 2 fully saturated rings. The zero-order valence-electron chi connectivity index (χ0n) is 10.2. The van der Waals surface area contributed by atoms with Crippen molar-refractivity contribution in [2.75, 3.05) is 0 Å². The van der Waals surface area contributed by atoms with Crippen LogP contribution < -0.4 is 0 Å². The van der Waals surface area contributed by atoms with Gasteiger partial charge in [-0.05, 0) is 12.8 Å². The minimum atomic E-state index is -0.658. The van der Waals surface area contributed by atoms with Crippen LogP contribution in [0.25, 0.3) is 0 Å². The molecule has 0 saturated carbocycles. The number of rotatable bonds is 1. The third kappa shape index (κ3) is 1.24. The SMILES string of the molecule is C=CC12CCC(=C)N1C(C(C)(C)C)OC2=O. The van der Waals surface area contributed by atoms with Gasteiger partial charge in [-0.15, -0.1) is 6.58 Å². The molecule has 3 heteroatoms. The van der Waals surface area contributed by atoms with Gasteiger partial charge in [-0.2, -0.15) is 0 Å². The second-order valence-electron chi connectivity index (χ2n) is 5.69. The summed E-state index contributed by atoms with van der Waals surface area (Å²) in [4.78, 5) is 14.1. The maximum absolute atomic E-state index is 12.0. The lowest BCUT2D eigenvalue weighted by atomic mass is 9.91. The van der Waals surface area contributed by atoms with Crippen molar-refractivity contribution in [3.8, 4) is 0 Å². The van der Waals surface area contributed by atoms with E-state index in [1.54, 1.807) is 6.08 Å². The van der Waals surface area contributed by atoms with Crippen molar-refractivity contribution in [1.29, 1.82) is 0 Å². The third-order valence-electron chi connectivity index (χ3n) is 3.45. The van der Waals surface area contributed by atoms with Gasteiger partial charge in [0.25, 0.3) is 0 Å². The molecule has 0 spiro atoms. The first-order valence-electron chi connectivity index (χ1n) is 5.65. The van der Waals surface area contributed by atoms with E-state index in [9.17, 15) is 4.79 Å². The molecule has 88 valence electrons. The molecule has 0 radical (unpaired) electrons. The Bertz CT molecular complexity index is 367. The van der Waals surface area contributed by atoms with Crippen LogP contribution in [0.5, 0.6) is 0 Å². The first-order valence-corrected chi connectivity index (χ1v) is 5.65. The number of carbonyl (C=O) groups excluding carboxylic acids is 1. The summed E-state index contributed by atoms with van der Waals surface area (Å²) in [6.07, 6.45) is 3.06. The van der Waals surface area contributed by atoms with Gasteiger partial charge in [0, 0.05) is 11.1 Å². The summed E-state index contributed by atoms with van der Waals surface area (Å²) < 4.78 is 5.51. The molecule has 0 aliphatic carbocycles. The van der Waals surface area contributed by atoms with E-state index in [1.165, 1.54) is 0 Å². The van der Waals surface area contributed by atoms with Crippen LogP contribution in [0.1, 0.15) is 33.6 Å². The van der Waals surface area contributed by atoms with Crippen molar-refractivity contribution < 1.29 is 9.53 Å². The summed E-state index contributed by atoms with van der Waals surface area (Å²) in [7, 11) is 0. The van der Waals surface area contributed by atoms with Crippen LogP contribution in [0.2, 0.25) is 0 Å². The number of hydrogen-bond donors (Lipinski definition) is 0. The molecular weight excluding hydrogens is 202 g/mol. The molecule has 2 aliphatic rings. The van der Waals surface area contributed by atoms with Crippen molar-refractivity contribution in [3.63, 3.8) is 0 Å². The number of carbonyl (C=O) groups is 1. The van der Waals surface area contributed by atoms with E-state index in [0.29, 0.717) is 0 Å². The summed E-state index contributed by atoms with van der Waals surface area (Å²) in [5.74, 6) is -0.180. The van der Waals surface area contributed by atoms with Crippen LogP contribution >= 0.6 is 0 Å². The molecule has 0 aromatic rings. The van der Waals surface area contributed by atoms with E-state index in [1.807, 2.05) is 4.90 Å². The Hall–Kier alpha value is -1.25. The molecule has 3 nitrogen and oxygen atoms in total. The van der Waals surface area contributed by atoms with E-state index in [4.69, 9.17) is 4.74 Å². The standard InChI is InChI=1S/C13H19NO2/c1-6-13-8-7-9(2)14(13)10(12(3,4)5)16-11(13)15/h6,10H,1-2,7-8H2,3-5H3. The van der Waals surface area contributed by atoms with E-state index < -0.39 is 5.54 Å². The zero-order valence-corrected chi connectivity index (χ0v) is 10.2. The lowest BCUT2D eigenvalue weighted by Gasteiger charge is -2.36. The number of esters is 1. The van der Waals surface area contributed by atoms with E-state index in [0.717, 1.165) is 18.5 Å². The molecule has 2 rings (SSSR count). The second-order valence-corrected chi connectivity index (χ2v) is 5.69. The number of hydrogen-bond acceptors (Lipinski definition) is 3. The average molecular weight is 221 g/mol. The molecule has 2 heterocycles. The summed E-state index contributed by atoms with van der Waals surface area (Å²) in [6, 6.07) is 0. The molecule has 0 amide bonds. The molecule has 0 bridgehead atoms. The fraction of sp³-hybridized carbons (Fsp3) is 0.615. The Morgan fingerprint density at radius 3 is 2.69 bits per heavy atom. The van der Waals surface area contributed by atoms with Crippen LogP contribution in [0, 0.1) is 5.41 Å². The molecule has 0 aromatic carbocycles. The molecule has 2 atom stereocenters. The van der Waals surface area contributed by atoms with Crippen molar-refractivity contribution >= 4 is 5.97 Å². The third-order valence-corrected chi connectivity index (χ3v) is 3.45. The Balaban J connectivity index is 2.46. The highest BCUT2D eigenvalue weighted by Crippen LogP contribution is 2.48. The highest BCUT2D eigenvalue weighted by atomic mass is 16.6. The van der Waals surface area contributed by atoms with Gasteiger partial charge in [-0.25, -0.2) is 4.79 Å². The van der Waals surface area contributed by atoms with Crippen molar-refractivity contribution in [3.05, 3.63) is 24.9 Å². The number of fused-ring (bicyclic) bond motifs is 1. The number of ether oxygens (including phenoxy) is 1. The monoisotopic (exact) mass is 221 g/mol. The summed E-state index contributed by atoms with van der Waals surface area (Å²) in [6.45, 7) is 14.0. The molecule has 16 heavy (non-hydrogen) atoms. The molecule has 0 aromatic heterocycles. The van der Waals surface area contributed by atoms with Crippen LogP contribution in [-0.4, -0.2) is 22.6 Å². The first-order chi connectivity index (χ1) is 7.33. The quantitative estimate of drug-likeness (QED) is 0.503. The highest BCUT2D eigenvalue weighted by Gasteiger charge is 2.59. The fourth-order valence-corrected chi connectivity index (χ4v) is 2.54. The van der Waals surface area contributed by atoms with E-state index in [2.05, 4.69) is 33.9 Å². The second kappa shape index (κ2) is 3.12. The average Bonchev–Trinajstić information content (AvgIpc) is 2.65. The van der Waals surface area contributed by atoms with Gasteiger partial charge >= 0.3 is 5.97 Å². The Morgan fingerprint density at radius 1 is 1.56 bits per heavy atom. The smallest absolute Gasteiger partial charge is 0.338 e. The lowest BCUT2D eigenvalue weighted by Crippen LogP contribution is -2.46. The predicted molar refractivity (Wildman–Crippen MR) is 62.5 cm³/mol. The van der Waals surface area contributed by atoms with Gasteiger partial charge in [0.2, 0.25) is 0 Å². The summed E-state index contributed by atoms with van der Waals surface area (Å²) in [5, 5.41) is 0. The number of nitrogens with zero attached hydrogens (tertiary/aromatic N) is 1. The molecule has 2 saturated heterocycles. The largest absolute Gasteiger partial charge is 0.439 e. The number of allylic oxidation sites excluding steroid dienone is 1. The molecule has 0 N–H and O–H groups in total. The van der Waals surface area contributed by atoms with Gasteiger partial charge in [0.1, 0.15) is 0 Å². The highest BCUT2D eigenvalue weighted by molar-refractivity contribution is 5.86. The molecule has 2 unspecified atom stereocenters.